The molecule has 0 aliphatic heterocycles. The van der Waals surface area contributed by atoms with E-state index >= 15 is 0 Å². The Labute approximate surface area is 150 Å². The van der Waals surface area contributed by atoms with E-state index in [-0.39, 0.29) is 0 Å². The molecule has 0 aromatic rings. The highest BCUT2D eigenvalue weighted by atomic mass is 16.1. The van der Waals surface area contributed by atoms with E-state index in [1.165, 1.54) is 69.8 Å². The summed E-state index contributed by atoms with van der Waals surface area (Å²) in [5.41, 5.74) is 2.18. The first-order valence-electron chi connectivity index (χ1n) is 10.9. The van der Waals surface area contributed by atoms with Gasteiger partial charge in [-0.2, -0.15) is 0 Å². The van der Waals surface area contributed by atoms with Gasteiger partial charge >= 0.3 is 0 Å². The SMILES string of the molecule is CC.CCC1(CC)CCC(CC2CCC3=CC(=O)CCC3C2)CC1. The zero-order chi connectivity index (χ0) is 17.6. The molecular formula is C23H40O. The van der Waals surface area contributed by atoms with Crippen molar-refractivity contribution in [3.8, 4) is 0 Å². The quantitative estimate of drug-likeness (QED) is 0.536. The smallest absolute Gasteiger partial charge is 0.155 e. The van der Waals surface area contributed by atoms with Crippen LogP contribution in [0.2, 0.25) is 0 Å². The van der Waals surface area contributed by atoms with Crippen molar-refractivity contribution >= 4 is 5.78 Å². The molecule has 138 valence electrons. The van der Waals surface area contributed by atoms with Crippen LogP contribution in [0.25, 0.3) is 0 Å². The Morgan fingerprint density at radius 3 is 2.25 bits per heavy atom. The Kier molecular flexibility index (Phi) is 7.57. The zero-order valence-electron chi connectivity index (χ0n) is 16.7. The molecule has 1 heteroatoms. The van der Waals surface area contributed by atoms with Gasteiger partial charge in [0, 0.05) is 6.42 Å². The number of hydrogen-bond acceptors (Lipinski definition) is 1. The van der Waals surface area contributed by atoms with E-state index in [1.54, 1.807) is 0 Å². The summed E-state index contributed by atoms with van der Waals surface area (Å²) in [5.74, 6) is 3.07. The number of rotatable bonds is 4. The van der Waals surface area contributed by atoms with Gasteiger partial charge in [0.15, 0.2) is 5.78 Å². The van der Waals surface area contributed by atoms with Crippen molar-refractivity contribution < 1.29 is 4.79 Å². The Bertz CT molecular complexity index is 419. The van der Waals surface area contributed by atoms with Gasteiger partial charge < -0.3 is 0 Å². The average molecular weight is 333 g/mol. The molecule has 1 nitrogen and oxygen atoms in total. The van der Waals surface area contributed by atoms with E-state index in [9.17, 15) is 4.79 Å². The first-order chi connectivity index (χ1) is 11.6. The normalized spacial score (nSPS) is 30.0. The Hall–Kier alpha value is -0.590. The summed E-state index contributed by atoms with van der Waals surface area (Å²) in [6.45, 7) is 8.78. The van der Waals surface area contributed by atoms with Gasteiger partial charge in [0.05, 0.1) is 0 Å². The number of carbonyl (C=O) groups excluding carboxylic acids is 1. The minimum Gasteiger partial charge on any atom is -0.295 e. The van der Waals surface area contributed by atoms with Crippen LogP contribution in [0.4, 0.5) is 0 Å². The third-order valence-corrected chi connectivity index (χ3v) is 7.40. The first-order valence-corrected chi connectivity index (χ1v) is 10.9. The number of fused-ring (bicyclic) bond motifs is 1. The van der Waals surface area contributed by atoms with Crippen LogP contribution in [0, 0.1) is 23.2 Å². The molecule has 0 aromatic heterocycles. The molecule has 2 atom stereocenters. The lowest BCUT2D eigenvalue weighted by atomic mass is 9.64. The molecule has 2 fully saturated rings. The van der Waals surface area contributed by atoms with Crippen LogP contribution < -0.4 is 0 Å². The van der Waals surface area contributed by atoms with Crippen LogP contribution >= 0.6 is 0 Å². The number of ketones is 1. The second-order valence-electron chi connectivity index (χ2n) is 8.45. The van der Waals surface area contributed by atoms with Gasteiger partial charge in [-0.1, -0.05) is 46.1 Å². The van der Waals surface area contributed by atoms with Crippen LogP contribution in [-0.2, 0) is 4.79 Å². The van der Waals surface area contributed by atoms with Gasteiger partial charge in [-0.15, -0.1) is 0 Å². The number of hydrogen-bond donors (Lipinski definition) is 0. The fourth-order valence-corrected chi connectivity index (χ4v) is 5.50. The van der Waals surface area contributed by atoms with E-state index < -0.39 is 0 Å². The molecule has 3 aliphatic carbocycles. The molecule has 0 heterocycles. The second kappa shape index (κ2) is 9.20. The third kappa shape index (κ3) is 4.73. The van der Waals surface area contributed by atoms with E-state index in [0.717, 1.165) is 30.6 Å². The van der Waals surface area contributed by atoms with E-state index in [0.29, 0.717) is 11.2 Å². The molecule has 3 aliphatic rings. The highest BCUT2D eigenvalue weighted by Crippen LogP contribution is 2.47. The van der Waals surface area contributed by atoms with Gasteiger partial charge in [0.1, 0.15) is 0 Å². The second-order valence-corrected chi connectivity index (χ2v) is 8.45. The molecule has 0 saturated heterocycles. The van der Waals surface area contributed by atoms with Crippen LogP contribution in [0.5, 0.6) is 0 Å². The van der Waals surface area contributed by atoms with Crippen molar-refractivity contribution in [2.75, 3.05) is 0 Å². The lowest BCUT2D eigenvalue weighted by Gasteiger charge is -2.41. The maximum Gasteiger partial charge on any atom is 0.155 e. The summed E-state index contributed by atoms with van der Waals surface area (Å²) in [6, 6.07) is 0. The lowest BCUT2D eigenvalue weighted by Crippen LogP contribution is -2.29. The molecular weight excluding hydrogens is 292 g/mol. The third-order valence-electron chi connectivity index (χ3n) is 7.40. The summed E-state index contributed by atoms with van der Waals surface area (Å²) in [7, 11) is 0. The Balaban J connectivity index is 0.00000100. The standard InChI is InChI=1S/C21H34O.C2H6/c1-3-21(4-2)11-9-16(10-12-21)13-17-5-6-19-15-20(22)8-7-18(19)14-17;1-2/h15-18H,3-14H2,1-2H3;1-2H3. The summed E-state index contributed by atoms with van der Waals surface area (Å²) < 4.78 is 0. The van der Waals surface area contributed by atoms with E-state index in [1.807, 2.05) is 19.9 Å². The molecule has 0 N–H and O–H groups in total. The maximum atomic E-state index is 11.6. The largest absolute Gasteiger partial charge is 0.295 e. The molecule has 0 radical (unpaired) electrons. The van der Waals surface area contributed by atoms with Crippen LogP contribution in [0.15, 0.2) is 11.6 Å². The molecule has 3 rings (SSSR count). The number of carbonyl (C=O) groups is 1. The Morgan fingerprint density at radius 2 is 1.62 bits per heavy atom. The first kappa shape index (κ1) is 19.7. The van der Waals surface area contributed by atoms with Gasteiger partial charge in [0.2, 0.25) is 0 Å². The molecule has 0 spiro atoms. The van der Waals surface area contributed by atoms with Crippen molar-refractivity contribution in [3.05, 3.63) is 11.6 Å². The van der Waals surface area contributed by atoms with Crippen molar-refractivity contribution in [2.24, 2.45) is 23.2 Å². The summed E-state index contributed by atoms with van der Waals surface area (Å²) in [5, 5.41) is 0. The molecule has 2 unspecified atom stereocenters. The predicted octanol–water partition coefficient (Wildman–Crippen LogP) is 7.10. The fourth-order valence-electron chi connectivity index (χ4n) is 5.50. The van der Waals surface area contributed by atoms with Gasteiger partial charge in [0.25, 0.3) is 0 Å². The summed E-state index contributed by atoms with van der Waals surface area (Å²) >= 11 is 0. The average Bonchev–Trinajstić information content (AvgIpc) is 2.64. The molecule has 2 saturated carbocycles. The highest BCUT2D eigenvalue weighted by molar-refractivity contribution is 5.91. The monoisotopic (exact) mass is 332 g/mol. The van der Waals surface area contributed by atoms with Crippen molar-refractivity contribution in [2.45, 2.75) is 105 Å². The van der Waals surface area contributed by atoms with Crippen molar-refractivity contribution in [1.29, 1.82) is 0 Å². The molecule has 0 bridgehead atoms. The minimum atomic E-state index is 0.382. The van der Waals surface area contributed by atoms with Gasteiger partial charge in [-0.3, -0.25) is 4.79 Å². The van der Waals surface area contributed by atoms with Crippen LogP contribution in [-0.4, -0.2) is 5.78 Å². The molecule has 24 heavy (non-hydrogen) atoms. The van der Waals surface area contributed by atoms with Gasteiger partial charge in [-0.05, 0) is 87.0 Å². The molecule has 0 amide bonds. The minimum absolute atomic E-state index is 0.382. The molecule has 0 aromatic carbocycles. The predicted molar refractivity (Wildman–Crippen MR) is 104 cm³/mol. The lowest BCUT2D eigenvalue weighted by molar-refractivity contribution is -0.115. The zero-order valence-corrected chi connectivity index (χ0v) is 16.7. The van der Waals surface area contributed by atoms with Gasteiger partial charge in [-0.25, -0.2) is 0 Å². The number of allylic oxidation sites excluding steroid dienone is 2. The van der Waals surface area contributed by atoms with Crippen LogP contribution in [0.1, 0.15) is 105 Å². The fraction of sp³-hybridized carbons (Fsp3) is 0.870. The highest BCUT2D eigenvalue weighted by Gasteiger charge is 2.35. The Morgan fingerprint density at radius 1 is 0.958 bits per heavy atom. The van der Waals surface area contributed by atoms with E-state index in [4.69, 9.17) is 0 Å². The van der Waals surface area contributed by atoms with Crippen molar-refractivity contribution in [3.63, 3.8) is 0 Å². The topological polar surface area (TPSA) is 17.1 Å². The maximum absolute atomic E-state index is 11.6. The van der Waals surface area contributed by atoms with Crippen molar-refractivity contribution in [1.82, 2.24) is 0 Å². The summed E-state index contributed by atoms with van der Waals surface area (Å²) in [4.78, 5) is 11.6. The van der Waals surface area contributed by atoms with Crippen LogP contribution in [0.3, 0.4) is 0 Å². The van der Waals surface area contributed by atoms with E-state index in [2.05, 4.69) is 13.8 Å². The summed E-state index contributed by atoms with van der Waals surface area (Å²) in [6.07, 6.45) is 18.0.